The highest BCUT2D eigenvalue weighted by Gasteiger charge is 2.42. The molecule has 18 heavy (non-hydrogen) atoms. The summed E-state index contributed by atoms with van der Waals surface area (Å²) in [6.45, 7) is 0.574. The molecule has 0 heterocycles. The van der Waals surface area contributed by atoms with Crippen LogP contribution in [0.25, 0.3) is 0 Å². The summed E-state index contributed by atoms with van der Waals surface area (Å²) in [5.41, 5.74) is 5.19. The van der Waals surface area contributed by atoms with Crippen LogP contribution < -0.4 is 5.73 Å². The van der Waals surface area contributed by atoms with Gasteiger partial charge in [0.15, 0.2) is 0 Å². The van der Waals surface area contributed by atoms with Gasteiger partial charge >= 0.3 is 6.18 Å². The fourth-order valence-corrected chi connectivity index (χ4v) is 2.76. The van der Waals surface area contributed by atoms with Crippen LogP contribution in [0.5, 0.6) is 0 Å². The predicted octanol–water partition coefficient (Wildman–Crippen LogP) is 2.96. The molecule has 1 saturated carbocycles. The first kappa shape index (κ1) is 15.7. The summed E-state index contributed by atoms with van der Waals surface area (Å²) in [5, 5.41) is 0. The van der Waals surface area contributed by atoms with Gasteiger partial charge in [-0.15, -0.1) is 0 Å². The van der Waals surface area contributed by atoms with Gasteiger partial charge in [0.25, 0.3) is 0 Å². The molecule has 1 fully saturated rings. The number of hydrogen-bond donors (Lipinski definition) is 1. The fraction of sp³-hybridized carbons (Fsp3) is 0.917. The zero-order valence-electron chi connectivity index (χ0n) is 10.7. The number of nitrogens with zero attached hydrogens (tertiary/aromatic N) is 1. The van der Waals surface area contributed by atoms with Crippen LogP contribution in [-0.2, 0) is 0 Å². The first-order chi connectivity index (χ1) is 8.30. The molecule has 0 aromatic heterocycles. The molecular formula is C12H21F3N2S. The van der Waals surface area contributed by atoms with Crippen molar-refractivity contribution < 1.29 is 13.2 Å². The Morgan fingerprint density at radius 3 is 2.33 bits per heavy atom. The number of halogens is 3. The standard InChI is InChI=1S/C12H21F3N2S/c1-17(7-9-5-3-2-4-6-9)8-10(11(16)18)12(13,14)15/h9-10H,2-8H2,1H3,(H2,16,18). The first-order valence-corrected chi connectivity index (χ1v) is 6.76. The van der Waals surface area contributed by atoms with E-state index in [1.807, 2.05) is 0 Å². The van der Waals surface area contributed by atoms with E-state index < -0.39 is 17.1 Å². The Balaban J connectivity index is 2.45. The lowest BCUT2D eigenvalue weighted by Crippen LogP contribution is -2.43. The average molecular weight is 282 g/mol. The van der Waals surface area contributed by atoms with E-state index in [4.69, 9.17) is 5.73 Å². The van der Waals surface area contributed by atoms with Gasteiger partial charge in [-0.25, -0.2) is 0 Å². The maximum atomic E-state index is 12.7. The van der Waals surface area contributed by atoms with Crippen molar-refractivity contribution in [2.45, 2.75) is 38.3 Å². The molecule has 0 aliphatic heterocycles. The van der Waals surface area contributed by atoms with Crippen molar-refractivity contribution in [1.29, 1.82) is 0 Å². The molecule has 0 aromatic carbocycles. The normalized spacial score (nSPS) is 20.1. The Bertz CT molecular complexity index is 275. The van der Waals surface area contributed by atoms with E-state index >= 15 is 0 Å². The minimum Gasteiger partial charge on any atom is -0.393 e. The Labute approximate surface area is 112 Å². The van der Waals surface area contributed by atoms with Gasteiger partial charge in [-0.3, -0.25) is 0 Å². The Kier molecular flexibility index (Phi) is 5.85. The van der Waals surface area contributed by atoms with Crippen molar-refractivity contribution in [3.05, 3.63) is 0 Å². The summed E-state index contributed by atoms with van der Waals surface area (Å²) in [4.78, 5) is 1.26. The predicted molar refractivity (Wildman–Crippen MR) is 70.4 cm³/mol. The molecule has 6 heteroatoms. The SMILES string of the molecule is CN(CC1CCCCC1)CC(C(N)=S)C(F)(F)F. The van der Waals surface area contributed by atoms with Crippen LogP contribution in [-0.4, -0.2) is 36.2 Å². The fourth-order valence-electron chi connectivity index (χ4n) is 2.55. The zero-order chi connectivity index (χ0) is 13.8. The molecule has 0 spiro atoms. The molecule has 0 radical (unpaired) electrons. The number of hydrogen-bond acceptors (Lipinski definition) is 2. The minimum absolute atomic E-state index is 0.130. The van der Waals surface area contributed by atoms with Crippen molar-refractivity contribution in [1.82, 2.24) is 4.90 Å². The maximum absolute atomic E-state index is 12.7. The summed E-state index contributed by atoms with van der Waals surface area (Å²) in [5.74, 6) is -1.18. The molecule has 0 amide bonds. The molecule has 106 valence electrons. The number of alkyl halides is 3. The van der Waals surface area contributed by atoms with E-state index in [1.165, 1.54) is 19.3 Å². The molecule has 0 saturated heterocycles. The van der Waals surface area contributed by atoms with Crippen LogP contribution in [0.2, 0.25) is 0 Å². The maximum Gasteiger partial charge on any atom is 0.399 e. The highest BCUT2D eigenvalue weighted by Crippen LogP contribution is 2.28. The van der Waals surface area contributed by atoms with Gasteiger partial charge in [0.05, 0.1) is 4.99 Å². The topological polar surface area (TPSA) is 29.3 Å². The monoisotopic (exact) mass is 282 g/mol. The number of thiocarbonyl (C=S) groups is 1. The molecule has 1 atom stereocenters. The molecule has 1 aliphatic rings. The molecule has 1 unspecified atom stereocenters. The third-order valence-electron chi connectivity index (χ3n) is 3.53. The Hall–Kier alpha value is -0.360. The first-order valence-electron chi connectivity index (χ1n) is 6.35. The molecule has 1 rings (SSSR count). The highest BCUT2D eigenvalue weighted by molar-refractivity contribution is 7.80. The second-order valence-corrected chi connectivity index (χ2v) is 5.69. The van der Waals surface area contributed by atoms with Gasteiger partial charge in [-0.05, 0) is 25.8 Å². The van der Waals surface area contributed by atoms with E-state index in [0.29, 0.717) is 12.5 Å². The Morgan fingerprint density at radius 1 is 1.33 bits per heavy atom. The lowest BCUT2D eigenvalue weighted by molar-refractivity contribution is -0.158. The van der Waals surface area contributed by atoms with E-state index in [-0.39, 0.29) is 6.54 Å². The van der Waals surface area contributed by atoms with E-state index in [2.05, 4.69) is 12.2 Å². The van der Waals surface area contributed by atoms with E-state index in [0.717, 1.165) is 12.8 Å². The van der Waals surface area contributed by atoms with Crippen molar-refractivity contribution >= 4 is 17.2 Å². The van der Waals surface area contributed by atoms with Crippen molar-refractivity contribution in [2.24, 2.45) is 17.6 Å². The van der Waals surface area contributed by atoms with Gasteiger partial charge in [-0.2, -0.15) is 13.2 Å². The lowest BCUT2D eigenvalue weighted by Gasteiger charge is -2.30. The van der Waals surface area contributed by atoms with E-state index in [1.54, 1.807) is 11.9 Å². The van der Waals surface area contributed by atoms with Gasteiger partial charge in [0.1, 0.15) is 5.92 Å². The van der Waals surface area contributed by atoms with Gasteiger partial charge < -0.3 is 10.6 Å². The van der Waals surface area contributed by atoms with Crippen LogP contribution in [0.15, 0.2) is 0 Å². The minimum atomic E-state index is -4.34. The highest BCUT2D eigenvalue weighted by atomic mass is 32.1. The van der Waals surface area contributed by atoms with Crippen LogP contribution in [0, 0.1) is 11.8 Å². The smallest absolute Gasteiger partial charge is 0.393 e. The third-order valence-corrected chi connectivity index (χ3v) is 3.81. The average Bonchev–Trinajstić information content (AvgIpc) is 2.25. The molecule has 0 bridgehead atoms. The third kappa shape index (κ3) is 5.10. The van der Waals surface area contributed by atoms with Crippen LogP contribution in [0.1, 0.15) is 32.1 Å². The van der Waals surface area contributed by atoms with Crippen molar-refractivity contribution in [3.8, 4) is 0 Å². The summed E-state index contributed by atoms with van der Waals surface area (Å²) < 4.78 is 38.1. The molecule has 1 aliphatic carbocycles. The second-order valence-electron chi connectivity index (χ2n) is 5.22. The quantitative estimate of drug-likeness (QED) is 0.786. The second kappa shape index (κ2) is 6.70. The summed E-state index contributed by atoms with van der Waals surface area (Å²) in [6.07, 6.45) is 1.53. The summed E-state index contributed by atoms with van der Waals surface area (Å²) >= 11 is 4.52. The van der Waals surface area contributed by atoms with Crippen molar-refractivity contribution in [3.63, 3.8) is 0 Å². The Morgan fingerprint density at radius 2 is 1.89 bits per heavy atom. The van der Waals surface area contributed by atoms with Gasteiger partial charge in [0.2, 0.25) is 0 Å². The van der Waals surface area contributed by atoms with Crippen LogP contribution in [0.3, 0.4) is 0 Å². The van der Waals surface area contributed by atoms with Crippen LogP contribution >= 0.6 is 12.2 Å². The number of nitrogens with two attached hydrogens (primary N) is 1. The number of rotatable bonds is 5. The molecule has 2 N–H and O–H groups in total. The largest absolute Gasteiger partial charge is 0.399 e. The molecule has 0 aromatic rings. The van der Waals surface area contributed by atoms with Crippen molar-refractivity contribution in [2.75, 3.05) is 20.1 Å². The summed E-state index contributed by atoms with van der Waals surface area (Å²) in [6, 6.07) is 0. The molecule has 2 nitrogen and oxygen atoms in total. The van der Waals surface area contributed by atoms with E-state index in [9.17, 15) is 13.2 Å². The van der Waals surface area contributed by atoms with Crippen LogP contribution in [0.4, 0.5) is 13.2 Å². The summed E-state index contributed by atoms with van der Waals surface area (Å²) in [7, 11) is 1.71. The zero-order valence-corrected chi connectivity index (χ0v) is 11.5. The van der Waals surface area contributed by atoms with Gasteiger partial charge in [0, 0.05) is 13.1 Å². The van der Waals surface area contributed by atoms with Gasteiger partial charge in [-0.1, -0.05) is 31.5 Å². The molecular weight excluding hydrogens is 261 g/mol. The lowest BCUT2D eigenvalue weighted by atomic mass is 9.89.